The molecule has 0 fully saturated rings. The Morgan fingerprint density at radius 3 is 2.93 bits per heavy atom. The van der Waals surface area contributed by atoms with Crippen LogP contribution in [0.1, 0.15) is 11.4 Å². The Bertz CT molecular complexity index is 497. The van der Waals surface area contributed by atoms with E-state index < -0.39 is 0 Å². The van der Waals surface area contributed by atoms with Crippen molar-refractivity contribution in [2.75, 3.05) is 0 Å². The van der Waals surface area contributed by atoms with Gasteiger partial charge >= 0.3 is 0 Å². The van der Waals surface area contributed by atoms with E-state index in [1.165, 1.54) is 5.56 Å². The van der Waals surface area contributed by atoms with E-state index in [4.69, 9.17) is 5.11 Å². The predicted octanol–water partition coefficient (Wildman–Crippen LogP) is 2.41. The van der Waals surface area contributed by atoms with Crippen LogP contribution in [0.15, 0.2) is 24.5 Å². The van der Waals surface area contributed by atoms with E-state index in [9.17, 15) is 0 Å². The molecule has 0 amide bonds. The number of nitrogens with zero attached hydrogens (tertiary/aromatic N) is 2. The lowest BCUT2D eigenvalue weighted by Gasteiger charge is -1.96. The quantitative estimate of drug-likeness (QED) is 0.698. The summed E-state index contributed by atoms with van der Waals surface area (Å²) in [5.41, 5.74) is 3.22. The minimum absolute atomic E-state index is 0.758. The summed E-state index contributed by atoms with van der Waals surface area (Å²) in [6, 6.07) is 6.12. The maximum Gasteiger partial charge on any atom is 0.136 e. The minimum Gasteiger partial charge on any atom is -0.515 e. The van der Waals surface area contributed by atoms with Gasteiger partial charge in [-0.2, -0.15) is 0 Å². The molecular formula is C11H12N2O. The summed E-state index contributed by atoms with van der Waals surface area (Å²) < 4.78 is 1.95. The average Bonchev–Trinajstić information content (AvgIpc) is 2.44. The topological polar surface area (TPSA) is 38.1 Å². The first-order valence-corrected chi connectivity index (χ1v) is 4.46. The molecule has 0 saturated heterocycles. The van der Waals surface area contributed by atoms with Crippen molar-refractivity contribution >= 4 is 17.1 Å². The van der Waals surface area contributed by atoms with Gasteiger partial charge in [0.05, 0.1) is 17.3 Å². The number of imidazole rings is 1. The van der Waals surface area contributed by atoms with E-state index in [1.54, 1.807) is 6.08 Å². The molecule has 2 aromatic rings. The van der Waals surface area contributed by atoms with Gasteiger partial charge in [0.25, 0.3) is 0 Å². The molecule has 0 atom stereocenters. The molecule has 1 aromatic carbocycles. The molecule has 1 heterocycles. The Balaban J connectivity index is 2.73. The van der Waals surface area contributed by atoms with Crippen LogP contribution in [-0.2, 0) is 7.05 Å². The Labute approximate surface area is 82.3 Å². The van der Waals surface area contributed by atoms with Crippen LogP contribution in [0.5, 0.6) is 0 Å². The molecule has 0 saturated carbocycles. The van der Waals surface area contributed by atoms with E-state index in [1.807, 2.05) is 30.7 Å². The standard InChI is InChI=1S/C11H12N2O/c1-8-3-4-10-9(7-8)12-11(5-6-14)13(10)2/h3-7,14H,1-2H3. The lowest BCUT2D eigenvalue weighted by Crippen LogP contribution is -1.90. The van der Waals surface area contributed by atoms with Crippen molar-refractivity contribution in [2.24, 2.45) is 7.05 Å². The van der Waals surface area contributed by atoms with Crippen LogP contribution < -0.4 is 0 Å². The van der Waals surface area contributed by atoms with Gasteiger partial charge in [0.15, 0.2) is 0 Å². The van der Waals surface area contributed by atoms with Crippen LogP contribution in [-0.4, -0.2) is 14.7 Å². The number of aliphatic hydroxyl groups excluding tert-OH is 1. The zero-order valence-electron chi connectivity index (χ0n) is 8.23. The van der Waals surface area contributed by atoms with Crippen LogP contribution in [0, 0.1) is 6.92 Å². The Kier molecular flexibility index (Phi) is 2.00. The monoisotopic (exact) mass is 188 g/mol. The third-order valence-electron chi connectivity index (χ3n) is 2.29. The Hall–Kier alpha value is -1.77. The molecule has 2 rings (SSSR count). The highest BCUT2D eigenvalue weighted by Gasteiger charge is 2.04. The Morgan fingerprint density at radius 1 is 1.43 bits per heavy atom. The second-order valence-corrected chi connectivity index (χ2v) is 3.34. The number of benzene rings is 1. The second-order valence-electron chi connectivity index (χ2n) is 3.34. The maximum atomic E-state index is 8.69. The largest absolute Gasteiger partial charge is 0.515 e. The lowest BCUT2D eigenvalue weighted by molar-refractivity contribution is 0.477. The van der Waals surface area contributed by atoms with E-state index in [0.29, 0.717) is 0 Å². The first-order chi connectivity index (χ1) is 6.72. The zero-order valence-corrected chi connectivity index (χ0v) is 8.23. The van der Waals surface area contributed by atoms with Gasteiger partial charge in [0.2, 0.25) is 0 Å². The average molecular weight is 188 g/mol. The van der Waals surface area contributed by atoms with Crippen molar-refractivity contribution in [1.82, 2.24) is 9.55 Å². The van der Waals surface area contributed by atoms with Gasteiger partial charge in [0, 0.05) is 13.1 Å². The highest BCUT2D eigenvalue weighted by Crippen LogP contribution is 2.16. The lowest BCUT2D eigenvalue weighted by atomic mass is 10.2. The fourth-order valence-corrected chi connectivity index (χ4v) is 1.54. The summed E-state index contributed by atoms with van der Waals surface area (Å²) in [6.07, 6.45) is 2.59. The van der Waals surface area contributed by atoms with Crippen molar-refractivity contribution in [1.29, 1.82) is 0 Å². The molecule has 3 heteroatoms. The number of hydrogen-bond donors (Lipinski definition) is 1. The minimum atomic E-state index is 0.758. The summed E-state index contributed by atoms with van der Waals surface area (Å²) in [5, 5.41) is 8.69. The zero-order chi connectivity index (χ0) is 10.1. The Morgan fingerprint density at radius 2 is 2.21 bits per heavy atom. The third-order valence-corrected chi connectivity index (χ3v) is 2.29. The molecule has 14 heavy (non-hydrogen) atoms. The van der Waals surface area contributed by atoms with Crippen molar-refractivity contribution in [3.63, 3.8) is 0 Å². The number of aryl methyl sites for hydroxylation is 2. The van der Waals surface area contributed by atoms with Crippen molar-refractivity contribution < 1.29 is 5.11 Å². The maximum absolute atomic E-state index is 8.69. The van der Waals surface area contributed by atoms with Crippen molar-refractivity contribution in [2.45, 2.75) is 6.92 Å². The molecular weight excluding hydrogens is 176 g/mol. The highest BCUT2D eigenvalue weighted by atomic mass is 16.2. The predicted molar refractivity (Wildman–Crippen MR) is 57.1 cm³/mol. The first-order valence-electron chi connectivity index (χ1n) is 4.46. The van der Waals surface area contributed by atoms with Gasteiger partial charge in [-0.25, -0.2) is 4.98 Å². The first kappa shape index (κ1) is 8.81. The SMILES string of the molecule is Cc1ccc2c(c1)nc(C=CO)n2C. The number of fused-ring (bicyclic) bond motifs is 1. The van der Waals surface area contributed by atoms with Crippen LogP contribution in [0.3, 0.4) is 0 Å². The van der Waals surface area contributed by atoms with E-state index >= 15 is 0 Å². The van der Waals surface area contributed by atoms with E-state index in [2.05, 4.69) is 11.1 Å². The third kappa shape index (κ3) is 1.27. The molecule has 0 aliphatic carbocycles. The number of rotatable bonds is 1. The summed E-state index contributed by atoms with van der Waals surface area (Å²) in [5.74, 6) is 0.758. The molecule has 1 aromatic heterocycles. The van der Waals surface area contributed by atoms with Gasteiger partial charge in [0.1, 0.15) is 5.82 Å². The summed E-state index contributed by atoms with van der Waals surface area (Å²) in [4.78, 5) is 4.38. The summed E-state index contributed by atoms with van der Waals surface area (Å²) in [6.45, 7) is 2.04. The molecule has 1 N–H and O–H groups in total. The smallest absolute Gasteiger partial charge is 0.136 e. The van der Waals surface area contributed by atoms with Crippen LogP contribution in [0.4, 0.5) is 0 Å². The van der Waals surface area contributed by atoms with Gasteiger partial charge in [-0.3, -0.25) is 0 Å². The van der Waals surface area contributed by atoms with Gasteiger partial charge in [-0.05, 0) is 24.6 Å². The molecule has 0 aliphatic rings. The van der Waals surface area contributed by atoms with Gasteiger partial charge in [-0.15, -0.1) is 0 Å². The molecule has 0 bridgehead atoms. The van der Waals surface area contributed by atoms with E-state index in [0.717, 1.165) is 23.1 Å². The summed E-state index contributed by atoms with van der Waals surface area (Å²) in [7, 11) is 1.93. The number of hydrogen-bond acceptors (Lipinski definition) is 2. The fourth-order valence-electron chi connectivity index (χ4n) is 1.54. The summed E-state index contributed by atoms with van der Waals surface area (Å²) >= 11 is 0. The molecule has 0 unspecified atom stereocenters. The van der Waals surface area contributed by atoms with Crippen LogP contribution in [0.2, 0.25) is 0 Å². The fraction of sp³-hybridized carbons (Fsp3) is 0.182. The number of aromatic nitrogens is 2. The second kappa shape index (κ2) is 3.18. The normalized spacial score (nSPS) is 11.6. The molecule has 0 spiro atoms. The highest BCUT2D eigenvalue weighted by molar-refractivity contribution is 5.78. The molecule has 0 aliphatic heterocycles. The molecule has 0 radical (unpaired) electrons. The van der Waals surface area contributed by atoms with Crippen LogP contribution >= 0.6 is 0 Å². The van der Waals surface area contributed by atoms with Crippen LogP contribution in [0.25, 0.3) is 17.1 Å². The molecule has 72 valence electrons. The van der Waals surface area contributed by atoms with E-state index in [-0.39, 0.29) is 0 Å². The van der Waals surface area contributed by atoms with Gasteiger partial charge in [-0.1, -0.05) is 6.07 Å². The van der Waals surface area contributed by atoms with Crippen molar-refractivity contribution in [3.8, 4) is 0 Å². The number of aliphatic hydroxyl groups is 1. The van der Waals surface area contributed by atoms with Crippen molar-refractivity contribution in [3.05, 3.63) is 35.8 Å². The van der Waals surface area contributed by atoms with Gasteiger partial charge < -0.3 is 9.67 Å². The molecule has 3 nitrogen and oxygen atoms in total.